The molecule has 0 aliphatic carbocycles. The van der Waals surface area contributed by atoms with E-state index in [2.05, 4.69) is 0 Å². The smallest absolute Gasteiger partial charge is 0.159 e. The predicted octanol–water partition coefficient (Wildman–Crippen LogP) is 2.74. The van der Waals surface area contributed by atoms with Crippen molar-refractivity contribution >= 4 is 18.0 Å². The van der Waals surface area contributed by atoms with Gasteiger partial charge in [-0.3, -0.25) is 0 Å². The first-order chi connectivity index (χ1) is 6.72. The molecule has 1 aliphatic rings. The third-order valence-electron chi connectivity index (χ3n) is 2.30. The van der Waals surface area contributed by atoms with E-state index >= 15 is 0 Å². The molecule has 0 radical (unpaired) electrons. The van der Waals surface area contributed by atoms with Gasteiger partial charge < -0.3 is 4.79 Å². The zero-order valence-corrected chi connectivity index (χ0v) is 8.11. The van der Waals surface area contributed by atoms with Gasteiger partial charge in [0.15, 0.2) is 11.6 Å². The minimum Gasteiger partial charge on any atom is -0.303 e. The van der Waals surface area contributed by atoms with Crippen molar-refractivity contribution in [2.75, 3.05) is 5.75 Å². The van der Waals surface area contributed by atoms with Gasteiger partial charge in [0, 0.05) is 10.8 Å². The Morgan fingerprint density at radius 2 is 2.07 bits per heavy atom. The number of fused-ring (bicyclic) bond motifs is 1. The van der Waals surface area contributed by atoms with Crippen LogP contribution in [0, 0.1) is 11.6 Å². The Morgan fingerprint density at radius 3 is 2.79 bits per heavy atom. The minimum absolute atomic E-state index is 0.277. The molecule has 1 aromatic rings. The van der Waals surface area contributed by atoms with Crippen molar-refractivity contribution in [1.82, 2.24) is 0 Å². The highest BCUT2D eigenvalue weighted by Gasteiger charge is 2.22. The van der Waals surface area contributed by atoms with E-state index in [0.717, 1.165) is 18.1 Å². The molecule has 0 N–H and O–H groups in total. The summed E-state index contributed by atoms with van der Waals surface area (Å²) >= 11 is 1.47. The van der Waals surface area contributed by atoms with Gasteiger partial charge in [0.1, 0.15) is 6.29 Å². The van der Waals surface area contributed by atoms with Crippen LogP contribution in [-0.2, 0) is 4.79 Å². The van der Waals surface area contributed by atoms with E-state index in [4.69, 9.17) is 0 Å². The lowest BCUT2D eigenvalue weighted by Crippen LogP contribution is -2.09. The summed E-state index contributed by atoms with van der Waals surface area (Å²) in [5.74, 6) is -1.22. The molecule has 0 saturated carbocycles. The summed E-state index contributed by atoms with van der Waals surface area (Å²) in [7, 11) is 0. The summed E-state index contributed by atoms with van der Waals surface area (Å²) in [5, 5.41) is 0. The molecule has 0 aromatic heterocycles. The zero-order chi connectivity index (χ0) is 10.1. The van der Waals surface area contributed by atoms with Gasteiger partial charge in [-0.25, -0.2) is 8.78 Å². The number of aldehydes is 1. The molecule has 1 aliphatic heterocycles. The Labute approximate surface area is 84.5 Å². The van der Waals surface area contributed by atoms with Gasteiger partial charge in [0.2, 0.25) is 0 Å². The maximum Gasteiger partial charge on any atom is 0.159 e. The summed E-state index contributed by atoms with van der Waals surface area (Å²) in [5.41, 5.74) is 0.621. The molecular weight excluding hydrogens is 206 g/mol. The number of thioether (sulfide) groups is 1. The fourth-order valence-corrected chi connectivity index (χ4v) is 2.71. The minimum atomic E-state index is -0.877. The van der Waals surface area contributed by atoms with Crippen molar-refractivity contribution in [3.05, 3.63) is 29.3 Å². The maximum absolute atomic E-state index is 12.9. The van der Waals surface area contributed by atoms with E-state index in [1.807, 2.05) is 0 Å². The quantitative estimate of drug-likeness (QED) is 0.669. The summed E-state index contributed by atoms with van der Waals surface area (Å²) in [6.07, 6.45) is 1.50. The fraction of sp³-hybridized carbons (Fsp3) is 0.300. The van der Waals surface area contributed by atoms with E-state index in [9.17, 15) is 13.6 Å². The average molecular weight is 214 g/mol. The molecule has 0 fully saturated rings. The van der Waals surface area contributed by atoms with Gasteiger partial charge >= 0.3 is 0 Å². The molecule has 0 spiro atoms. The molecule has 4 heteroatoms. The normalized spacial score (nSPS) is 20.3. The number of carbonyl (C=O) groups is 1. The van der Waals surface area contributed by atoms with Gasteiger partial charge in [-0.2, -0.15) is 0 Å². The molecular formula is C10H8F2OS. The van der Waals surface area contributed by atoms with Gasteiger partial charge in [-0.15, -0.1) is 11.8 Å². The second-order valence-corrected chi connectivity index (χ2v) is 4.32. The summed E-state index contributed by atoms with van der Waals surface area (Å²) in [6.45, 7) is 0. The molecule has 0 saturated heterocycles. The van der Waals surface area contributed by atoms with Crippen LogP contribution in [0.2, 0.25) is 0 Å². The van der Waals surface area contributed by atoms with Crippen molar-refractivity contribution in [2.24, 2.45) is 0 Å². The molecule has 0 bridgehead atoms. The van der Waals surface area contributed by atoms with Gasteiger partial charge in [0.25, 0.3) is 0 Å². The van der Waals surface area contributed by atoms with E-state index in [1.54, 1.807) is 0 Å². The first kappa shape index (κ1) is 9.65. The third kappa shape index (κ3) is 1.54. The van der Waals surface area contributed by atoms with Gasteiger partial charge in [-0.05, 0) is 29.9 Å². The highest BCUT2D eigenvalue weighted by molar-refractivity contribution is 7.99. The fourth-order valence-electron chi connectivity index (χ4n) is 1.55. The topological polar surface area (TPSA) is 17.1 Å². The monoisotopic (exact) mass is 214 g/mol. The highest BCUT2D eigenvalue weighted by atomic mass is 32.2. The highest BCUT2D eigenvalue weighted by Crippen LogP contribution is 2.37. The van der Waals surface area contributed by atoms with Crippen LogP contribution in [0.1, 0.15) is 17.9 Å². The van der Waals surface area contributed by atoms with Crippen LogP contribution in [0.3, 0.4) is 0 Å². The van der Waals surface area contributed by atoms with Crippen LogP contribution in [0.5, 0.6) is 0 Å². The molecule has 14 heavy (non-hydrogen) atoms. The number of rotatable bonds is 1. The van der Waals surface area contributed by atoms with Crippen LogP contribution in [-0.4, -0.2) is 12.0 Å². The van der Waals surface area contributed by atoms with E-state index in [1.165, 1.54) is 17.8 Å². The van der Waals surface area contributed by atoms with E-state index in [-0.39, 0.29) is 5.92 Å². The summed E-state index contributed by atoms with van der Waals surface area (Å²) < 4.78 is 25.8. The van der Waals surface area contributed by atoms with Crippen LogP contribution in [0.4, 0.5) is 8.78 Å². The maximum atomic E-state index is 12.9. The number of halogens is 2. The lowest BCUT2D eigenvalue weighted by molar-refractivity contribution is -0.109. The Morgan fingerprint density at radius 1 is 1.36 bits per heavy atom. The second kappa shape index (κ2) is 3.69. The molecule has 1 nitrogen and oxygen atoms in total. The van der Waals surface area contributed by atoms with Crippen molar-refractivity contribution in [2.45, 2.75) is 17.2 Å². The Bertz CT molecular complexity index is 379. The van der Waals surface area contributed by atoms with Crippen molar-refractivity contribution in [3.8, 4) is 0 Å². The summed E-state index contributed by atoms with van der Waals surface area (Å²) in [6, 6.07) is 2.31. The van der Waals surface area contributed by atoms with Crippen LogP contribution >= 0.6 is 11.8 Å². The van der Waals surface area contributed by atoms with Gasteiger partial charge in [-0.1, -0.05) is 0 Å². The van der Waals surface area contributed by atoms with Crippen molar-refractivity contribution in [3.63, 3.8) is 0 Å². The number of hydrogen-bond donors (Lipinski definition) is 0. The SMILES string of the molecule is O=CC1CCSc2cc(F)c(F)cc21. The van der Waals surface area contributed by atoms with E-state index in [0.29, 0.717) is 16.9 Å². The number of carbonyl (C=O) groups excluding carboxylic acids is 1. The standard InChI is InChI=1S/C10H8F2OS/c11-8-3-7-6(5-13)1-2-14-10(7)4-9(8)12/h3-6H,1-2H2. The molecule has 1 aromatic carbocycles. The number of hydrogen-bond acceptors (Lipinski definition) is 2. The Kier molecular flexibility index (Phi) is 2.54. The van der Waals surface area contributed by atoms with Crippen LogP contribution in [0.15, 0.2) is 17.0 Å². The average Bonchev–Trinajstić information content (AvgIpc) is 2.19. The number of benzene rings is 1. The molecule has 2 rings (SSSR count). The molecule has 1 unspecified atom stereocenters. The molecule has 0 amide bonds. The second-order valence-electron chi connectivity index (χ2n) is 3.18. The zero-order valence-electron chi connectivity index (χ0n) is 7.30. The lowest BCUT2D eigenvalue weighted by atomic mass is 9.97. The lowest BCUT2D eigenvalue weighted by Gasteiger charge is -2.20. The van der Waals surface area contributed by atoms with Crippen LogP contribution in [0.25, 0.3) is 0 Å². The molecule has 1 heterocycles. The largest absolute Gasteiger partial charge is 0.303 e. The van der Waals surface area contributed by atoms with Crippen molar-refractivity contribution in [1.29, 1.82) is 0 Å². The van der Waals surface area contributed by atoms with Crippen LogP contribution < -0.4 is 0 Å². The van der Waals surface area contributed by atoms with E-state index < -0.39 is 11.6 Å². The third-order valence-corrected chi connectivity index (χ3v) is 3.41. The first-order valence-corrected chi connectivity index (χ1v) is 5.28. The molecule has 1 atom stereocenters. The Balaban J connectivity index is 2.52. The Hall–Kier alpha value is -0.900. The first-order valence-electron chi connectivity index (χ1n) is 4.29. The predicted molar refractivity (Wildman–Crippen MR) is 50.5 cm³/mol. The molecule has 74 valence electrons. The van der Waals surface area contributed by atoms with Gasteiger partial charge in [0.05, 0.1) is 0 Å². The summed E-state index contributed by atoms with van der Waals surface area (Å²) in [4.78, 5) is 11.4. The van der Waals surface area contributed by atoms with Crippen molar-refractivity contribution < 1.29 is 13.6 Å².